The quantitative estimate of drug-likeness (QED) is 0.633. The van der Waals surface area contributed by atoms with Gasteiger partial charge in [0.2, 0.25) is 5.91 Å². The molecule has 0 bridgehead atoms. The minimum absolute atomic E-state index is 0.101. The van der Waals surface area contributed by atoms with Crippen molar-refractivity contribution < 1.29 is 9.18 Å². The topological polar surface area (TPSA) is 59.8 Å². The summed E-state index contributed by atoms with van der Waals surface area (Å²) in [5.74, 6) is 0.415. The Labute approximate surface area is 162 Å². The number of carbonyl (C=O) groups is 1. The highest BCUT2D eigenvalue weighted by atomic mass is 32.2. The van der Waals surface area contributed by atoms with Crippen molar-refractivity contribution in [2.45, 2.75) is 37.3 Å². The minimum atomic E-state index is -0.330. The molecule has 7 heteroatoms. The number of hydrogen-bond acceptors (Lipinski definition) is 4. The maximum atomic E-state index is 12.9. The van der Waals surface area contributed by atoms with Crippen LogP contribution in [0.4, 0.5) is 4.39 Å². The Kier molecular flexibility index (Phi) is 6.24. The number of aromatic nitrogens is 3. The van der Waals surface area contributed by atoms with E-state index in [0.717, 1.165) is 17.0 Å². The lowest BCUT2D eigenvalue weighted by Gasteiger charge is -2.13. The Morgan fingerprint density at radius 2 is 1.81 bits per heavy atom. The summed E-state index contributed by atoms with van der Waals surface area (Å²) in [7, 11) is 0. The first-order chi connectivity index (χ1) is 13.0. The third kappa shape index (κ3) is 5.17. The number of aryl methyl sites for hydroxylation is 1. The number of benzene rings is 2. The molecule has 0 spiro atoms. The van der Waals surface area contributed by atoms with Gasteiger partial charge in [-0.1, -0.05) is 54.2 Å². The van der Waals surface area contributed by atoms with E-state index in [1.165, 1.54) is 23.9 Å². The zero-order valence-electron chi connectivity index (χ0n) is 15.2. The van der Waals surface area contributed by atoms with Crippen molar-refractivity contribution in [1.29, 1.82) is 0 Å². The molecule has 0 aliphatic heterocycles. The standard InChI is InChI=1S/C20H21FN4OS/c1-14(19(26)22-12-16-8-10-18(21)11-9-16)27-20-24-23-15(2)25(20)13-17-6-4-3-5-7-17/h3-11,14H,12-13H2,1-2H3,(H,22,26)/t14-/m0/s1. The van der Waals surface area contributed by atoms with E-state index in [-0.39, 0.29) is 17.0 Å². The fourth-order valence-corrected chi connectivity index (χ4v) is 3.46. The third-order valence-corrected chi connectivity index (χ3v) is 5.20. The highest BCUT2D eigenvalue weighted by Gasteiger charge is 2.19. The Bertz CT molecular complexity index is 896. The van der Waals surface area contributed by atoms with Crippen LogP contribution in [-0.4, -0.2) is 25.9 Å². The summed E-state index contributed by atoms with van der Waals surface area (Å²) in [6.07, 6.45) is 0. The van der Waals surface area contributed by atoms with Gasteiger partial charge in [-0.15, -0.1) is 10.2 Å². The lowest BCUT2D eigenvalue weighted by molar-refractivity contribution is -0.120. The van der Waals surface area contributed by atoms with E-state index < -0.39 is 0 Å². The molecule has 2 aromatic carbocycles. The van der Waals surface area contributed by atoms with Crippen LogP contribution in [0.2, 0.25) is 0 Å². The van der Waals surface area contributed by atoms with Crippen molar-refractivity contribution in [3.8, 4) is 0 Å². The fourth-order valence-electron chi connectivity index (χ4n) is 2.54. The largest absolute Gasteiger partial charge is 0.351 e. The number of nitrogens with zero attached hydrogens (tertiary/aromatic N) is 3. The van der Waals surface area contributed by atoms with Gasteiger partial charge in [-0.05, 0) is 37.1 Å². The summed E-state index contributed by atoms with van der Waals surface area (Å²) >= 11 is 1.37. The Morgan fingerprint density at radius 1 is 1.11 bits per heavy atom. The first-order valence-electron chi connectivity index (χ1n) is 8.65. The second-order valence-corrected chi connectivity index (χ2v) is 7.51. The van der Waals surface area contributed by atoms with E-state index >= 15 is 0 Å². The predicted octanol–water partition coefficient (Wildman–Crippen LogP) is 3.57. The van der Waals surface area contributed by atoms with Gasteiger partial charge in [-0.2, -0.15) is 0 Å². The predicted molar refractivity (Wildman–Crippen MR) is 104 cm³/mol. The van der Waals surface area contributed by atoms with Crippen molar-refractivity contribution in [1.82, 2.24) is 20.1 Å². The van der Waals surface area contributed by atoms with Crippen LogP contribution in [0.3, 0.4) is 0 Å². The second kappa shape index (κ2) is 8.81. The maximum Gasteiger partial charge on any atom is 0.233 e. The highest BCUT2D eigenvalue weighted by molar-refractivity contribution is 8.00. The molecular formula is C20H21FN4OS. The van der Waals surface area contributed by atoms with Gasteiger partial charge in [0.05, 0.1) is 11.8 Å². The summed E-state index contributed by atoms with van der Waals surface area (Å²) in [6.45, 7) is 4.76. The molecule has 3 aromatic rings. The molecule has 0 saturated heterocycles. The SMILES string of the molecule is Cc1nnc(S[C@@H](C)C(=O)NCc2ccc(F)cc2)n1Cc1ccccc1. The van der Waals surface area contributed by atoms with Gasteiger partial charge in [0.25, 0.3) is 0 Å². The second-order valence-electron chi connectivity index (χ2n) is 6.21. The number of hydrogen-bond donors (Lipinski definition) is 1. The van der Waals surface area contributed by atoms with Crippen molar-refractivity contribution in [2.75, 3.05) is 0 Å². The van der Waals surface area contributed by atoms with Crippen LogP contribution in [0.25, 0.3) is 0 Å². The normalized spacial score (nSPS) is 12.0. The Hall–Kier alpha value is -2.67. The number of rotatable bonds is 7. The van der Waals surface area contributed by atoms with Gasteiger partial charge in [0.1, 0.15) is 11.6 Å². The zero-order chi connectivity index (χ0) is 19.2. The third-order valence-electron chi connectivity index (χ3n) is 4.12. The van der Waals surface area contributed by atoms with Crippen LogP contribution in [-0.2, 0) is 17.9 Å². The maximum absolute atomic E-state index is 12.9. The number of thioether (sulfide) groups is 1. The average molecular weight is 384 g/mol. The van der Waals surface area contributed by atoms with E-state index in [0.29, 0.717) is 18.2 Å². The minimum Gasteiger partial charge on any atom is -0.351 e. The smallest absolute Gasteiger partial charge is 0.233 e. The number of carbonyl (C=O) groups excluding carboxylic acids is 1. The molecule has 0 fully saturated rings. The summed E-state index contributed by atoms with van der Waals surface area (Å²) in [5, 5.41) is 11.6. The van der Waals surface area contributed by atoms with E-state index in [1.807, 2.05) is 48.7 Å². The average Bonchev–Trinajstić information content (AvgIpc) is 3.01. The van der Waals surface area contributed by atoms with Gasteiger partial charge in [0, 0.05) is 6.54 Å². The van der Waals surface area contributed by atoms with Crippen LogP contribution in [0.5, 0.6) is 0 Å². The van der Waals surface area contributed by atoms with Crippen LogP contribution in [0.15, 0.2) is 59.8 Å². The van der Waals surface area contributed by atoms with Crippen molar-refractivity contribution in [3.05, 3.63) is 77.4 Å². The number of amides is 1. The number of halogens is 1. The summed E-state index contributed by atoms with van der Waals surface area (Å²) < 4.78 is 14.9. The monoisotopic (exact) mass is 384 g/mol. The van der Waals surface area contributed by atoms with E-state index in [2.05, 4.69) is 15.5 Å². The van der Waals surface area contributed by atoms with Crippen molar-refractivity contribution >= 4 is 17.7 Å². The molecule has 0 aliphatic rings. The van der Waals surface area contributed by atoms with E-state index in [9.17, 15) is 9.18 Å². The molecular weight excluding hydrogens is 363 g/mol. The van der Waals surface area contributed by atoms with Gasteiger partial charge in [-0.25, -0.2) is 4.39 Å². The van der Waals surface area contributed by atoms with Gasteiger partial charge in [0.15, 0.2) is 5.16 Å². The van der Waals surface area contributed by atoms with E-state index in [1.54, 1.807) is 12.1 Å². The molecule has 0 aliphatic carbocycles. The van der Waals surface area contributed by atoms with Crippen molar-refractivity contribution in [3.63, 3.8) is 0 Å². The molecule has 1 atom stereocenters. The fraction of sp³-hybridized carbons (Fsp3) is 0.250. The first-order valence-corrected chi connectivity index (χ1v) is 9.53. The van der Waals surface area contributed by atoms with Crippen molar-refractivity contribution in [2.24, 2.45) is 0 Å². The zero-order valence-corrected chi connectivity index (χ0v) is 16.0. The molecule has 1 aromatic heterocycles. The summed E-state index contributed by atoms with van der Waals surface area (Å²) in [6, 6.07) is 16.1. The molecule has 0 saturated carbocycles. The van der Waals surface area contributed by atoms with Gasteiger partial charge < -0.3 is 9.88 Å². The number of nitrogens with one attached hydrogen (secondary N) is 1. The molecule has 27 heavy (non-hydrogen) atoms. The molecule has 1 heterocycles. The molecule has 3 rings (SSSR count). The van der Waals surface area contributed by atoms with Crippen LogP contribution in [0.1, 0.15) is 23.9 Å². The summed E-state index contributed by atoms with van der Waals surface area (Å²) in [4.78, 5) is 12.4. The molecule has 0 unspecified atom stereocenters. The van der Waals surface area contributed by atoms with Crippen LogP contribution in [0, 0.1) is 12.7 Å². The van der Waals surface area contributed by atoms with E-state index in [4.69, 9.17) is 0 Å². The Morgan fingerprint density at radius 3 is 2.52 bits per heavy atom. The van der Waals surface area contributed by atoms with Gasteiger partial charge >= 0.3 is 0 Å². The molecule has 5 nitrogen and oxygen atoms in total. The Balaban J connectivity index is 1.61. The molecule has 0 radical (unpaired) electrons. The van der Waals surface area contributed by atoms with Crippen LogP contribution >= 0.6 is 11.8 Å². The lowest BCUT2D eigenvalue weighted by atomic mass is 10.2. The molecule has 1 amide bonds. The van der Waals surface area contributed by atoms with Crippen LogP contribution < -0.4 is 5.32 Å². The molecule has 1 N–H and O–H groups in total. The summed E-state index contributed by atoms with van der Waals surface area (Å²) in [5.41, 5.74) is 2.00. The first kappa shape index (κ1) is 19.1. The lowest BCUT2D eigenvalue weighted by Crippen LogP contribution is -2.30. The highest BCUT2D eigenvalue weighted by Crippen LogP contribution is 2.23. The molecule has 140 valence electrons. The van der Waals surface area contributed by atoms with Gasteiger partial charge in [-0.3, -0.25) is 4.79 Å².